The highest BCUT2D eigenvalue weighted by molar-refractivity contribution is 7.90. The number of nitrogens with zero attached hydrogens (tertiary/aromatic N) is 1. The van der Waals surface area contributed by atoms with Crippen molar-refractivity contribution in [3.63, 3.8) is 0 Å². The molecule has 10 heteroatoms. The second-order valence-corrected chi connectivity index (χ2v) is 6.31. The second-order valence-electron chi connectivity index (χ2n) is 4.36. The number of rotatable bonds is 2. The third-order valence-corrected chi connectivity index (χ3v) is 4.46. The van der Waals surface area contributed by atoms with Crippen molar-refractivity contribution in [2.75, 3.05) is 0 Å². The van der Waals surface area contributed by atoms with E-state index in [2.05, 4.69) is 9.88 Å². The molecule has 1 atom stereocenters. The predicted octanol–water partition coefficient (Wildman–Crippen LogP) is 2.76. The summed E-state index contributed by atoms with van der Waals surface area (Å²) in [6, 6.07) is 2.72. The standard InChI is InChI=1S/C11H10ClF3N2O3S/c1-6-5-9(16-20-6)17-21(18,19)10-7(11(13,14)15)3-2-4-8(10)12/h2-4,6H,5H2,1H3,(H,16,17). The zero-order valence-electron chi connectivity index (χ0n) is 10.6. The summed E-state index contributed by atoms with van der Waals surface area (Å²) in [6.45, 7) is 1.65. The van der Waals surface area contributed by atoms with Crippen molar-refractivity contribution in [1.82, 2.24) is 5.48 Å². The average molecular weight is 343 g/mol. The van der Waals surface area contributed by atoms with Gasteiger partial charge >= 0.3 is 6.18 Å². The number of amidine groups is 1. The molecule has 1 unspecified atom stereocenters. The van der Waals surface area contributed by atoms with Gasteiger partial charge in [0.05, 0.1) is 16.7 Å². The Morgan fingerprint density at radius 2 is 2.10 bits per heavy atom. The maximum Gasteiger partial charge on any atom is 0.417 e. The fourth-order valence-electron chi connectivity index (χ4n) is 1.77. The van der Waals surface area contributed by atoms with Gasteiger partial charge in [-0.3, -0.25) is 10.3 Å². The lowest BCUT2D eigenvalue weighted by Gasteiger charge is -2.12. The van der Waals surface area contributed by atoms with Gasteiger partial charge in [-0.1, -0.05) is 17.7 Å². The number of hydrogen-bond donors (Lipinski definition) is 1. The van der Waals surface area contributed by atoms with Crippen LogP contribution in [0.1, 0.15) is 18.9 Å². The van der Waals surface area contributed by atoms with Crippen molar-refractivity contribution < 1.29 is 26.4 Å². The minimum Gasteiger partial charge on any atom is -0.271 e. The molecular formula is C11H10ClF3N2O3S. The number of benzene rings is 1. The van der Waals surface area contributed by atoms with E-state index in [0.717, 1.165) is 12.1 Å². The van der Waals surface area contributed by atoms with Crippen LogP contribution in [-0.2, 0) is 21.0 Å². The summed E-state index contributed by atoms with van der Waals surface area (Å²) < 4.78 is 66.3. The van der Waals surface area contributed by atoms with E-state index < -0.39 is 31.7 Å². The van der Waals surface area contributed by atoms with E-state index in [0.29, 0.717) is 6.07 Å². The molecule has 0 aromatic heterocycles. The van der Waals surface area contributed by atoms with E-state index in [1.807, 2.05) is 0 Å². The fourth-order valence-corrected chi connectivity index (χ4v) is 3.50. The lowest BCUT2D eigenvalue weighted by atomic mass is 10.2. The maximum atomic E-state index is 12.9. The largest absolute Gasteiger partial charge is 0.417 e. The number of halogens is 4. The molecular weight excluding hydrogens is 333 g/mol. The van der Waals surface area contributed by atoms with Crippen LogP contribution in [0.2, 0.25) is 5.02 Å². The van der Waals surface area contributed by atoms with E-state index in [-0.39, 0.29) is 18.4 Å². The summed E-state index contributed by atoms with van der Waals surface area (Å²) in [7, 11) is -4.62. The lowest BCUT2D eigenvalue weighted by Crippen LogP contribution is -2.17. The molecule has 1 saturated heterocycles. The first-order valence-electron chi connectivity index (χ1n) is 5.72. The van der Waals surface area contributed by atoms with Gasteiger partial charge in [0.2, 0.25) is 0 Å². The van der Waals surface area contributed by atoms with Gasteiger partial charge in [-0.25, -0.2) is 0 Å². The van der Waals surface area contributed by atoms with Crippen LogP contribution >= 0.6 is 11.6 Å². The van der Waals surface area contributed by atoms with Gasteiger partial charge in [-0.05, 0) is 19.1 Å². The van der Waals surface area contributed by atoms with Crippen LogP contribution in [0.4, 0.5) is 13.2 Å². The second kappa shape index (κ2) is 5.47. The molecule has 116 valence electrons. The molecule has 0 bridgehead atoms. The Hall–Kier alpha value is -1.32. The molecule has 1 aromatic carbocycles. The summed E-state index contributed by atoms with van der Waals surface area (Å²) in [4.78, 5) is 3.81. The Labute approximate surface area is 123 Å². The normalized spacial score (nSPS) is 21.6. The highest BCUT2D eigenvalue weighted by Crippen LogP contribution is 2.38. The van der Waals surface area contributed by atoms with Gasteiger partial charge in [0.1, 0.15) is 10.7 Å². The Morgan fingerprint density at radius 1 is 1.43 bits per heavy atom. The molecule has 1 aliphatic rings. The van der Waals surface area contributed by atoms with Crippen LogP contribution in [0.5, 0.6) is 0 Å². The Morgan fingerprint density at radius 3 is 2.62 bits per heavy atom. The van der Waals surface area contributed by atoms with Crippen LogP contribution in [0.3, 0.4) is 0 Å². The van der Waals surface area contributed by atoms with E-state index >= 15 is 0 Å². The molecule has 1 fully saturated rings. The molecule has 0 amide bonds. The van der Waals surface area contributed by atoms with Crippen molar-refractivity contribution in [2.24, 2.45) is 4.40 Å². The molecule has 5 nitrogen and oxygen atoms in total. The summed E-state index contributed by atoms with van der Waals surface area (Å²) in [5, 5.41) is -0.541. The van der Waals surface area contributed by atoms with Crippen molar-refractivity contribution in [3.05, 3.63) is 28.8 Å². The smallest absolute Gasteiger partial charge is 0.271 e. The first kappa shape index (κ1) is 16.1. The Bertz CT molecular complexity index is 688. The predicted molar refractivity (Wildman–Crippen MR) is 69.4 cm³/mol. The van der Waals surface area contributed by atoms with Gasteiger partial charge in [0.15, 0.2) is 0 Å². The maximum absolute atomic E-state index is 12.9. The van der Waals surface area contributed by atoms with Gasteiger partial charge in [-0.15, -0.1) is 4.40 Å². The summed E-state index contributed by atoms with van der Waals surface area (Å²) in [6.07, 6.45) is -5.04. The number of hydroxylamine groups is 1. The number of nitrogens with one attached hydrogen (secondary N) is 1. The minimum absolute atomic E-state index is 0.0736. The van der Waals surface area contributed by atoms with Crippen LogP contribution in [0.15, 0.2) is 27.5 Å². The third kappa shape index (κ3) is 3.47. The van der Waals surface area contributed by atoms with Crippen LogP contribution in [0.25, 0.3) is 0 Å². The monoisotopic (exact) mass is 342 g/mol. The highest BCUT2D eigenvalue weighted by Gasteiger charge is 2.39. The topological polar surface area (TPSA) is 67.8 Å². The molecule has 0 spiro atoms. The van der Waals surface area contributed by atoms with E-state index in [1.54, 1.807) is 6.92 Å². The fraction of sp³-hybridized carbons (Fsp3) is 0.364. The first-order valence-corrected chi connectivity index (χ1v) is 7.54. The lowest BCUT2D eigenvalue weighted by molar-refractivity contribution is -0.139. The van der Waals surface area contributed by atoms with E-state index in [1.165, 1.54) is 0 Å². The van der Waals surface area contributed by atoms with Crippen LogP contribution < -0.4 is 5.48 Å². The highest BCUT2D eigenvalue weighted by atomic mass is 35.5. The molecule has 1 aromatic rings. The summed E-state index contributed by atoms with van der Waals surface area (Å²) in [5.41, 5.74) is 0.901. The number of alkyl halides is 3. The molecule has 0 radical (unpaired) electrons. The van der Waals surface area contributed by atoms with Crippen molar-refractivity contribution in [3.8, 4) is 0 Å². The first-order chi connectivity index (χ1) is 9.61. The zero-order valence-corrected chi connectivity index (χ0v) is 12.2. The molecule has 1 heterocycles. The van der Waals surface area contributed by atoms with Gasteiger partial charge in [-0.2, -0.15) is 21.6 Å². The van der Waals surface area contributed by atoms with Crippen molar-refractivity contribution >= 4 is 27.5 Å². The molecule has 0 aliphatic carbocycles. The zero-order chi connectivity index (χ0) is 15.8. The molecule has 21 heavy (non-hydrogen) atoms. The molecule has 1 N–H and O–H groups in total. The Kier molecular flexibility index (Phi) is 4.18. The number of hydrogen-bond acceptors (Lipinski definition) is 3. The molecule has 1 aliphatic heterocycles. The van der Waals surface area contributed by atoms with Crippen molar-refractivity contribution in [2.45, 2.75) is 30.5 Å². The van der Waals surface area contributed by atoms with E-state index in [4.69, 9.17) is 16.4 Å². The van der Waals surface area contributed by atoms with Crippen LogP contribution in [-0.4, -0.2) is 20.4 Å². The SMILES string of the molecule is CC1CC(=NS(=O)(=O)c2c(Cl)cccc2C(F)(F)F)NO1. The van der Waals surface area contributed by atoms with E-state index in [9.17, 15) is 21.6 Å². The quantitative estimate of drug-likeness (QED) is 0.897. The van der Waals surface area contributed by atoms with Gasteiger partial charge in [0.25, 0.3) is 10.0 Å². The van der Waals surface area contributed by atoms with Crippen molar-refractivity contribution in [1.29, 1.82) is 0 Å². The van der Waals surface area contributed by atoms with Gasteiger partial charge < -0.3 is 0 Å². The Balaban J connectivity index is 2.55. The third-order valence-electron chi connectivity index (χ3n) is 2.62. The average Bonchev–Trinajstić information content (AvgIpc) is 2.72. The minimum atomic E-state index is -4.86. The number of sulfonamides is 1. The van der Waals surface area contributed by atoms with Crippen LogP contribution in [0, 0.1) is 0 Å². The van der Waals surface area contributed by atoms with Gasteiger partial charge in [0, 0.05) is 6.42 Å². The molecule has 0 saturated carbocycles. The summed E-state index contributed by atoms with van der Waals surface area (Å²) in [5.74, 6) is -0.0736. The summed E-state index contributed by atoms with van der Waals surface area (Å²) >= 11 is 5.63. The molecule has 2 rings (SSSR count).